The standard InChI is InChI=1S/C20H26BrN3O2S/c1-3-23(15-8-6-5-7-9-15)18(25)13-27-20-22-17-11-10-14(21)12-16(17)19(26)24(20)4-2/h10-12,15H,3-9,13H2,1-2H3. The highest BCUT2D eigenvalue weighted by atomic mass is 79.9. The van der Waals surface area contributed by atoms with Gasteiger partial charge in [-0.1, -0.05) is 47.0 Å². The van der Waals surface area contributed by atoms with Crippen molar-refractivity contribution in [3.05, 3.63) is 33.0 Å². The molecule has 0 unspecified atom stereocenters. The molecule has 1 saturated carbocycles. The van der Waals surface area contributed by atoms with Gasteiger partial charge in [-0.3, -0.25) is 14.2 Å². The summed E-state index contributed by atoms with van der Waals surface area (Å²) in [5.41, 5.74) is 0.612. The molecule has 0 saturated heterocycles. The van der Waals surface area contributed by atoms with Gasteiger partial charge < -0.3 is 4.90 Å². The summed E-state index contributed by atoms with van der Waals surface area (Å²) in [7, 11) is 0. The van der Waals surface area contributed by atoms with Crippen LogP contribution < -0.4 is 5.56 Å². The van der Waals surface area contributed by atoms with Crippen LogP contribution in [0.5, 0.6) is 0 Å². The topological polar surface area (TPSA) is 55.2 Å². The molecule has 1 heterocycles. The zero-order valence-corrected chi connectivity index (χ0v) is 18.3. The fourth-order valence-electron chi connectivity index (χ4n) is 3.80. The number of hydrogen-bond acceptors (Lipinski definition) is 4. The number of carbonyl (C=O) groups excluding carboxylic acids is 1. The summed E-state index contributed by atoms with van der Waals surface area (Å²) < 4.78 is 2.52. The lowest BCUT2D eigenvalue weighted by Gasteiger charge is -2.33. The molecule has 3 rings (SSSR count). The summed E-state index contributed by atoms with van der Waals surface area (Å²) in [4.78, 5) is 32.3. The molecule has 2 aromatic rings. The smallest absolute Gasteiger partial charge is 0.262 e. The first-order valence-corrected chi connectivity index (χ1v) is 11.4. The van der Waals surface area contributed by atoms with Gasteiger partial charge in [0.25, 0.3) is 5.56 Å². The van der Waals surface area contributed by atoms with Crippen LogP contribution in [0, 0.1) is 0 Å². The number of aromatic nitrogens is 2. The molecule has 0 bridgehead atoms. The number of nitrogens with zero attached hydrogens (tertiary/aromatic N) is 3. The Morgan fingerprint density at radius 2 is 2.04 bits per heavy atom. The summed E-state index contributed by atoms with van der Waals surface area (Å²) >= 11 is 4.78. The van der Waals surface area contributed by atoms with E-state index >= 15 is 0 Å². The predicted octanol–water partition coefficient (Wildman–Crippen LogP) is 4.45. The van der Waals surface area contributed by atoms with Gasteiger partial charge >= 0.3 is 0 Å². The number of benzene rings is 1. The Morgan fingerprint density at radius 1 is 1.30 bits per heavy atom. The van der Waals surface area contributed by atoms with E-state index in [-0.39, 0.29) is 11.5 Å². The van der Waals surface area contributed by atoms with Gasteiger partial charge in [0.1, 0.15) is 0 Å². The first-order chi connectivity index (χ1) is 13.0. The second kappa shape index (κ2) is 9.24. The molecular formula is C20H26BrN3O2S. The molecule has 1 aliphatic carbocycles. The van der Waals surface area contributed by atoms with Crippen LogP contribution in [0.1, 0.15) is 46.0 Å². The van der Waals surface area contributed by atoms with Crippen molar-refractivity contribution in [2.24, 2.45) is 0 Å². The van der Waals surface area contributed by atoms with E-state index < -0.39 is 0 Å². The summed E-state index contributed by atoms with van der Waals surface area (Å²) in [6.07, 6.45) is 5.90. The minimum absolute atomic E-state index is 0.0571. The monoisotopic (exact) mass is 451 g/mol. The Hall–Kier alpha value is -1.34. The van der Waals surface area contributed by atoms with Crippen LogP contribution in [0.2, 0.25) is 0 Å². The van der Waals surface area contributed by atoms with E-state index in [1.807, 2.05) is 30.9 Å². The van der Waals surface area contributed by atoms with Gasteiger partial charge in [-0.15, -0.1) is 0 Å². The van der Waals surface area contributed by atoms with Crippen molar-refractivity contribution in [1.29, 1.82) is 0 Å². The van der Waals surface area contributed by atoms with Crippen LogP contribution >= 0.6 is 27.7 Å². The Morgan fingerprint density at radius 3 is 2.70 bits per heavy atom. The highest BCUT2D eigenvalue weighted by Gasteiger charge is 2.24. The first kappa shape index (κ1) is 20.4. The van der Waals surface area contributed by atoms with Crippen LogP contribution in [0.3, 0.4) is 0 Å². The van der Waals surface area contributed by atoms with Crippen molar-refractivity contribution in [2.75, 3.05) is 12.3 Å². The average Bonchev–Trinajstić information content (AvgIpc) is 2.68. The van der Waals surface area contributed by atoms with E-state index in [4.69, 9.17) is 0 Å². The highest BCUT2D eigenvalue weighted by molar-refractivity contribution is 9.10. The molecule has 0 aliphatic heterocycles. The van der Waals surface area contributed by atoms with Gasteiger partial charge in [0.15, 0.2) is 5.16 Å². The quantitative estimate of drug-likeness (QED) is 0.480. The van der Waals surface area contributed by atoms with Gasteiger partial charge in [0.2, 0.25) is 5.91 Å². The zero-order chi connectivity index (χ0) is 19.4. The molecular weight excluding hydrogens is 426 g/mol. The second-order valence-corrected chi connectivity index (χ2v) is 8.72. The third-order valence-corrected chi connectivity index (χ3v) is 6.65. The maximum absolute atomic E-state index is 12.8. The maximum Gasteiger partial charge on any atom is 0.262 e. The lowest BCUT2D eigenvalue weighted by atomic mass is 9.94. The van der Waals surface area contributed by atoms with Gasteiger partial charge in [-0.05, 0) is 44.9 Å². The SMILES string of the molecule is CCN(C(=O)CSc1nc2ccc(Br)cc2c(=O)n1CC)C1CCCCC1. The Kier molecular flexibility index (Phi) is 6.98. The van der Waals surface area contributed by atoms with Gasteiger partial charge in [-0.25, -0.2) is 4.98 Å². The molecule has 1 aliphatic rings. The molecule has 27 heavy (non-hydrogen) atoms. The number of halogens is 1. The van der Waals surface area contributed by atoms with E-state index in [0.29, 0.717) is 34.4 Å². The minimum Gasteiger partial charge on any atom is -0.339 e. The van der Waals surface area contributed by atoms with E-state index in [2.05, 4.69) is 20.9 Å². The summed E-state index contributed by atoms with van der Waals surface area (Å²) in [5, 5.41) is 1.21. The largest absolute Gasteiger partial charge is 0.339 e. The van der Waals surface area contributed by atoms with Crippen LogP contribution in [0.25, 0.3) is 10.9 Å². The molecule has 0 N–H and O–H groups in total. The molecule has 1 aromatic heterocycles. The lowest BCUT2D eigenvalue weighted by molar-refractivity contribution is -0.131. The molecule has 146 valence electrons. The van der Waals surface area contributed by atoms with Crippen LogP contribution in [0.4, 0.5) is 0 Å². The normalized spacial score (nSPS) is 15.2. The number of rotatable bonds is 6. The molecule has 1 aromatic carbocycles. The van der Waals surface area contributed by atoms with Crippen molar-refractivity contribution in [2.45, 2.75) is 63.7 Å². The molecule has 1 amide bonds. The number of thioether (sulfide) groups is 1. The van der Waals surface area contributed by atoms with Gasteiger partial charge in [-0.2, -0.15) is 0 Å². The minimum atomic E-state index is -0.0571. The lowest BCUT2D eigenvalue weighted by Crippen LogP contribution is -2.42. The molecule has 1 fully saturated rings. The molecule has 5 nitrogen and oxygen atoms in total. The summed E-state index contributed by atoms with van der Waals surface area (Å²) in [5.74, 6) is 0.459. The summed E-state index contributed by atoms with van der Waals surface area (Å²) in [6, 6.07) is 5.89. The second-order valence-electron chi connectivity index (χ2n) is 6.87. The maximum atomic E-state index is 12.8. The fourth-order valence-corrected chi connectivity index (χ4v) is 5.11. The van der Waals surface area contributed by atoms with E-state index in [0.717, 1.165) is 23.9 Å². The number of hydrogen-bond donors (Lipinski definition) is 0. The average molecular weight is 452 g/mol. The van der Waals surface area contributed by atoms with Gasteiger partial charge in [0, 0.05) is 23.6 Å². The van der Waals surface area contributed by atoms with Gasteiger partial charge in [0.05, 0.1) is 16.7 Å². The van der Waals surface area contributed by atoms with Crippen molar-refractivity contribution < 1.29 is 4.79 Å². The van der Waals surface area contributed by atoms with E-state index in [1.54, 1.807) is 10.6 Å². The Labute approximate surface area is 172 Å². The van der Waals surface area contributed by atoms with E-state index in [1.165, 1.54) is 31.0 Å². The molecule has 0 atom stereocenters. The van der Waals surface area contributed by atoms with Crippen molar-refractivity contribution in [1.82, 2.24) is 14.5 Å². The Bertz CT molecular complexity index is 877. The predicted molar refractivity (Wildman–Crippen MR) is 114 cm³/mol. The first-order valence-electron chi connectivity index (χ1n) is 9.67. The molecule has 0 radical (unpaired) electrons. The Balaban J connectivity index is 1.80. The van der Waals surface area contributed by atoms with Crippen molar-refractivity contribution >= 4 is 44.5 Å². The zero-order valence-electron chi connectivity index (χ0n) is 15.9. The van der Waals surface area contributed by atoms with Crippen LogP contribution in [-0.2, 0) is 11.3 Å². The fraction of sp³-hybridized carbons (Fsp3) is 0.550. The third kappa shape index (κ3) is 4.57. The number of carbonyl (C=O) groups is 1. The van der Waals surface area contributed by atoms with Crippen molar-refractivity contribution in [3.8, 4) is 0 Å². The highest BCUT2D eigenvalue weighted by Crippen LogP contribution is 2.25. The van der Waals surface area contributed by atoms with Crippen LogP contribution in [-0.4, -0.2) is 38.7 Å². The van der Waals surface area contributed by atoms with Crippen LogP contribution in [0.15, 0.2) is 32.6 Å². The molecule has 0 spiro atoms. The number of fused-ring (bicyclic) bond motifs is 1. The third-order valence-electron chi connectivity index (χ3n) is 5.20. The summed E-state index contributed by atoms with van der Waals surface area (Å²) in [6.45, 7) is 5.25. The van der Waals surface area contributed by atoms with Crippen molar-refractivity contribution in [3.63, 3.8) is 0 Å². The molecule has 7 heteroatoms. The van der Waals surface area contributed by atoms with E-state index in [9.17, 15) is 9.59 Å². The number of amides is 1.